The number of rotatable bonds is 10. The summed E-state index contributed by atoms with van der Waals surface area (Å²) in [6.07, 6.45) is 6.63. The van der Waals surface area contributed by atoms with Crippen LogP contribution in [0.5, 0.6) is 0 Å². The van der Waals surface area contributed by atoms with Gasteiger partial charge >= 0.3 is 5.97 Å². The zero-order valence-corrected chi connectivity index (χ0v) is 15.8. The van der Waals surface area contributed by atoms with E-state index in [-0.39, 0.29) is 17.5 Å². The molecule has 0 aromatic rings. The minimum Gasteiger partial charge on any atom is -0.461 e. The predicted octanol–water partition coefficient (Wildman–Crippen LogP) is 5.96. The van der Waals surface area contributed by atoms with Crippen molar-refractivity contribution in [2.75, 3.05) is 0 Å². The lowest BCUT2D eigenvalue weighted by molar-refractivity contribution is -0.156. The maximum absolute atomic E-state index is 12.5. The van der Waals surface area contributed by atoms with Gasteiger partial charge in [-0.15, -0.1) is 11.6 Å². The highest BCUT2D eigenvalue weighted by molar-refractivity contribution is 6.34. The van der Waals surface area contributed by atoms with Crippen molar-refractivity contribution >= 4 is 17.6 Å². The van der Waals surface area contributed by atoms with Gasteiger partial charge < -0.3 is 4.74 Å². The molecule has 0 amide bonds. The Hall–Kier alpha value is -0.240. The van der Waals surface area contributed by atoms with E-state index >= 15 is 0 Å². The minimum atomic E-state index is -0.986. The summed E-state index contributed by atoms with van der Waals surface area (Å²) in [5.74, 6) is 0.0740. The molecular formula is C18H35ClO2. The van der Waals surface area contributed by atoms with Crippen LogP contribution in [0.1, 0.15) is 87.0 Å². The molecule has 3 unspecified atom stereocenters. The summed E-state index contributed by atoms with van der Waals surface area (Å²) >= 11 is 6.61. The van der Waals surface area contributed by atoms with Crippen molar-refractivity contribution < 1.29 is 9.53 Å². The molecule has 0 heterocycles. The Kier molecular flexibility index (Phi) is 8.92. The molecule has 2 nitrogen and oxygen atoms in total. The molecule has 0 aliphatic rings. The van der Waals surface area contributed by atoms with Crippen molar-refractivity contribution in [2.24, 2.45) is 11.3 Å². The number of carbonyl (C=O) groups is 1. The molecule has 0 radical (unpaired) electrons. The van der Waals surface area contributed by atoms with Crippen LogP contribution in [0.25, 0.3) is 0 Å². The summed E-state index contributed by atoms with van der Waals surface area (Å²) in [5, 5.41) is 0. The van der Waals surface area contributed by atoms with Gasteiger partial charge in [0, 0.05) is 0 Å². The van der Waals surface area contributed by atoms with Crippen LogP contribution in [0.4, 0.5) is 0 Å². The number of alkyl halides is 1. The van der Waals surface area contributed by atoms with Gasteiger partial charge in [-0.3, -0.25) is 4.79 Å². The third-order valence-electron chi connectivity index (χ3n) is 5.21. The first-order valence-electron chi connectivity index (χ1n) is 8.51. The smallest absolute Gasteiger partial charge is 0.327 e. The number of hydrogen-bond acceptors (Lipinski definition) is 2. The van der Waals surface area contributed by atoms with Crippen LogP contribution in [0.15, 0.2) is 0 Å². The molecule has 0 aromatic carbocycles. The highest BCUT2D eigenvalue weighted by atomic mass is 35.5. The maximum atomic E-state index is 12.5. The molecule has 3 atom stereocenters. The average Bonchev–Trinajstić information content (AvgIpc) is 2.42. The monoisotopic (exact) mass is 318 g/mol. The standard InChI is InChI=1S/C18H35ClO2/c1-8-10-11-12-13-15(4)21-16(20)18(7,19)17(5,6)14(3)9-2/h14-15H,8-13H2,1-7H3. The molecule has 21 heavy (non-hydrogen) atoms. The van der Waals surface area contributed by atoms with E-state index in [1.807, 2.05) is 6.92 Å². The number of carbonyl (C=O) groups excluding carboxylic acids is 1. The van der Waals surface area contributed by atoms with Crippen molar-refractivity contribution in [2.45, 2.75) is 98.0 Å². The van der Waals surface area contributed by atoms with E-state index in [0.717, 1.165) is 19.3 Å². The van der Waals surface area contributed by atoms with Crippen LogP contribution in [0, 0.1) is 11.3 Å². The Balaban J connectivity index is 4.55. The normalized spacial score (nSPS) is 17.9. The summed E-state index contributed by atoms with van der Waals surface area (Å²) in [7, 11) is 0. The maximum Gasteiger partial charge on any atom is 0.327 e. The van der Waals surface area contributed by atoms with E-state index in [4.69, 9.17) is 16.3 Å². The number of halogens is 1. The van der Waals surface area contributed by atoms with Crippen LogP contribution in [-0.2, 0) is 9.53 Å². The number of unbranched alkanes of at least 4 members (excludes halogenated alkanes) is 3. The third kappa shape index (κ3) is 5.81. The minimum absolute atomic E-state index is 0.0554. The van der Waals surface area contributed by atoms with Gasteiger partial charge in [0.2, 0.25) is 0 Å². The topological polar surface area (TPSA) is 26.3 Å². The van der Waals surface area contributed by atoms with E-state index in [0.29, 0.717) is 5.92 Å². The van der Waals surface area contributed by atoms with Crippen molar-refractivity contribution in [1.82, 2.24) is 0 Å². The van der Waals surface area contributed by atoms with E-state index in [9.17, 15) is 4.79 Å². The van der Waals surface area contributed by atoms with Gasteiger partial charge in [-0.1, -0.05) is 60.3 Å². The first-order chi connectivity index (χ1) is 9.61. The zero-order chi connectivity index (χ0) is 16.7. The van der Waals surface area contributed by atoms with Crippen LogP contribution in [0.2, 0.25) is 0 Å². The second-order valence-electron chi connectivity index (χ2n) is 7.10. The number of hydrogen-bond donors (Lipinski definition) is 0. The molecule has 0 saturated heterocycles. The van der Waals surface area contributed by atoms with E-state index in [1.165, 1.54) is 19.3 Å². The summed E-state index contributed by atoms with van der Waals surface area (Å²) < 4.78 is 5.61. The molecule has 0 fully saturated rings. The quantitative estimate of drug-likeness (QED) is 0.282. The van der Waals surface area contributed by atoms with Gasteiger partial charge in [-0.05, 0) is 38.0 Å². The fourth-order valence-corrected chi connectivity index (χ4v) is 2.68. The molecule has 0 saturated carbocycles. The van der Waals surface area contributed by atoms with Crippen molar-refractivity contribution in [3.63, 3.8) is 0 Å². The second-order valence-corrected chi connectivity index (χ2v) is 7.86. The van der Waals surface area contributed by atoms with Crippen molar-refractivity contribution in [3.05, 3.63) is 0 Å². The molecular weight excluding hydrogens is 284 g/mol. The predicted molar refractivity (Wildman–Crippen MR) is 91.8 cm³/mol. The van der Waals surface area contributed by atoms with Crippen LogP contribution < -0.4 is 0 Å². The Bertz CT molecular complexity index is 310. The van der Waals surface area contributed by atoms with Crippen LogP contribution in [0.3, 0.4) is 0 Å². The van der Waals surface area contributed by atoms with Crippen molar-refractivity contribution in [3.8, 4) is 0 Å². The molecule has 0 rings (SSSR count). The lowest BCUT2D eigenvalue weighted by Gasteiger charge is -2.42. The Morgan fingerprint density at radius 2 is 1.67 bits per heavy atom. The van der Waals surface area contributed by atoms with Crippen LogP contribution in [-0.4, -0.2) is 16.9 Å². The van der Waals surface area contributed by atoms with E-state index < -0.39 is 4.87 Å². The summed E-state index contributed by atoms with van der Waals surface area (Å²) in [6.45, 7) is 14.3. The molecule has 126 valence electrons. The molecule has 0 aliphatic heterocycles. The summed E-state index contributed by atoms with van der Waals surface area (Å²) in [5.41, 5.74) is -0.303. The molecule has 3 heteroatoms. The first-order valence-corrected chi connectivity index (χ1v) is 8.88. The molecule has 0 bridgehead atoms. The van der Waals surface area contributed by atoms with Gasteiger partial charge in [0.25, 0.3) is 0 Å². The lowest BCUT2D eigenvalue weighted by atomic mass is 9.69. The van der Waals surface area contributed by atoms with Crippen LogP contribution >= 0.6 is 11.6 Å². The van der Waals surface area contributed by atoms with E-state index in [1.54, 1.807) is 6.92 Å². The van der Waals surface area contributed by atoms with Gasteiger partial charge in [-0.2, -0.15) is 0 Å². The summed E-state index contributed by atoms with van der Waals surface area (Å²) in [6, 6.07) is 0. The Morgan fingerprint density at radius 1 is 1.10 bits per heavy atom. The van der Waals surface area contributed by atoms with Gasteiger partial charge in [0.15, 0.2) is 0 Å². The van der Waals surface area contributed by atoms with Gasteiger partial charge in [-0.25, -0.2) is 0 Å². The van der Waals surface area contributed by atoms with Gasteiger partial charge in [0.1, 0.15) is 4.87 Å². The Morgan fingerprint density at radius 3 is 2.14 bits per heavy atom. The van der Waals surface area contributed by atoms with Crippen molar-refractivity contribution in [1.29, 1.82) is 0 Å². The molecule has 0 spiro atoms. The largest absolute Gasteiger partial charge is 0.461 e. The lowest BCUT2D eigenvalue weighted by Crippen LogP contribution is -2.49. The summed E-state index contributed by atoms with van der Waals surface area (Å²) in [4.78, 5) is 11.5. The SMILES string of the molecule is CCCCCCC(C)OC(=O)C(C)(Cl)C(C)(C)C(C)CC. The highest BCUT2D eigenvalue weighted by Gasteiger charge is 2.49. The first kappa shape index (κ1) is 20.8. The average molecular weight is 319 g/mol. The molecule has 0 aliphatic carbocycles. The fourth-order valence-electron chi connectivity index (χ4n) is 2.45. The second kappa shape index (κ2) is 9.02. The molecule has 0 N–H and O–H groups in total. The number of ether oxygens (including phenoxy) is 1. The number of esters is 1. The third-order valence-corrected chi connectivity index (χ3v) is 5.85. The zero-order valence-electron chi connectivity index (χ0n) is 15.1. The van der Waals surface area contributed by atoms with E-state index in [2.05, 4.69) is 34.6 Å². The Labute approximate surface area is 137 Å². The van der Waals surface area contributed by atoms with Gasteiger partial charge in [0.05, 0.1) is 6.10 Å². The highest BCUT2D eigenvalue weighted by Crippen LogP contribution is 2.45. The molecule has 0 aromatic heterocycles. The fraction of sp³-hybridized carbons (Fsp3) is 0.944.